The lowest BCUT2D eigenvalue weighted by molar-refractivity contribution is 0.0325. The molecule has 0 heterocycles. The molecule has 0 spiro atoms. The van der Waals surface area contributed by atoms with Crippen LogP contribution in [0.3, 0.4) is 0 Å². The van der Waals surface area contributed by atoms with Crippen LogP contribution in [0, 0.1) is 6.92 Å². The number of aryl methyl sites for hydroxylation is 1. The molecule has 2 aromatic carbocycles. The van der Waals surface area contributed by atoms with Gasteiger partial charge in [0.15, 0.2) is 0 Å². The van der Waals surface area contributed by atoms with Gasteiger partial charge in [0.2, 0.25) is 0 Å². The Bertz CT molecular complexity index is 771. The average molecular weight is 491 g/mol. The Hall–Kier alpha value is -1.09. The van der Waals surface area contributed by atoms with Gasteiger partial charge in [0.25, 0.3) is 0 Å². The summed E-state index contributed by atoms with van der Waals surface area (Å²) in [6.45, 7) is 6.93. The van der Waals surface area contributed by atoms with Crippen molar-refractivity contribution in [1.29, 1.82) is 0 Å². The van der Waals surface area contributed by atoms with Gasteiger partial charge in [-0.25, -0.2) is 0 Å². The smallest absolute Gasteiger partial charge is 0.122 e. The van der Waals surface area contributed by atoms with Crippen molar-refractivity contribution in [2.45, 2.75) is 38.4 Å². The van der Waals surface area contributed by atoms with E-state index in [1.165, 1.54) is 0 Å². The van der Waals surface area contributed by atoms with Gasteiger partial charge in [0.1, 0.15) is 36.9 Å². The van der Waals surface area contributed by atoms with Crippen molar-refractivity contribution in [3.63, 3.8) is 0 Å². The monoisotopic (exact) mass is 490 g/mol. The Labute approximate surface area is 204 Å². The molecule has 0 fully saturated rings. The summed E-state index contributed by atoms with van der Waals surface area (Å²) in [5.41, 5.74) is 3.09. The summed E-state index contributed by atoms with van der Waals surface area (Å²) in [5.74, 6) is 1.60. The second kappa shape index (κ2) is 14.1. The summed E-state index contributed by atoms with van der Waals surface area (Å²) >= 11 is 5.61. The molecule has 0 saturated heterocycles. The first-order valence-corrected chi connectivity index (χ1v) is 10.2. The van der Waals surface area contributed by atoms with Gasteiger partial charge in [0.05, 0.1) is 12.5 Å². The van der Waals surface area contributed by atoms with Crippen LogP contribution in [0.5, 0.6) is 11.5 Å². The number of methoxy groups -OCH3 is 1. The highest BCUT2D eigenvalue weighted by Gasteiger charge is 2.24. The molecule has 0 unspecified atom stereocenters. The van der Waals surface area contributed by atoms with Crippen molar-refractivity contribution in [2.24, 2.45) is 0 Å². The summed E-state index contributed by atoms with van der Waals surface area (Å²) in [6, 6.07) is 14.0. The highest BCUT2D eigenvalue weighted by Crippen LogP contribution is 2.34. The highest BCUT2D eigenvalue weighted by atomic mass is 35.5. The summed E-state index contributed by atoms with van der Waals surface area (Å²) in [6.07, 6.45) is -1.33. The molecule has 0 bridgehead atoms. The minimum atomic E-state index is -0.677. The number of rotatable bonds is 11. The van der Waals surface area contributed by atoms with Crippen LogP contribution in [0.25, 0.3) is 0 Å². The predicted molar refractivity (Wildman–Crippen MR) is 136 cm³/mol. The van der Waals surface area contributed by atoms with Gasteiger partial charge in [-0.15, -0.1) is 11.6 Å². The molecule has 0 aliphatic heterocycles. The fraction of sp³-hybridized carbons (Fsp3) is 0.478. The van der Waals surface area contributed by atoms with Gasteiger partial charge in [-0.1, -0.05) is 38.1 Å². The van der Waals surface area contributed by atoms with E-state index in [0.29, 0.717) is 5.75 Å². The maximum absolute atomic E-state index is 9.69. The number of aliphatic hydroxyl groups is 2. The maximum atomic E-state index is 9.69. The van der Waals surface area contributed by atoms with E-state index in [0.717, 1.165) is 22.4 Å². The van der Waals surface area contributed by atoms with Crippen LogP contribution in [-0.2, 0) is 10.2 Å². The van der Waals surface area contributed by atoms with E-state index in [2.05, 4.69) is 19.9 Å². The van der Waals surface area contributed by atoms with Crippen molar-refractivity contribution in [3.05, 3.63) is 59.2 Å². The Morgan fingerprint density at radius 3 is 2.00 bits per heavy atom. The second-order valence-electron chi connectivity index (χ2n) is 7.67. The third kappa shape index (κ3) is 8.75. The third-order valence-electron chi connectivity index (χ3n) is 4.88. The van der Waals surface area contributed by atoms with Crippen molar-refractivity contribution >= 4 is 38.6 Å². The van der Waals surface area contributed by atoms with E-state index in [1.807, 2.05) is 43.3 Å². The molecular formula is C23H35ClO5S2. The van der Waals surface area contributed by atoms with Crippen molar-refractivity contribution < 1.29 is 24.4 Å². The first-order valence-electron chi connectivity index (χ1n) is 9.66. The van der Waals surface area contributed by atoms with Crippen LogP contribution >= 0.6 is 38.6 Å². The zero-order valence-corrected chi connectivity index (χ0v) is 21.3. The third-order valence-corrected chi connectivity index (χ3v) is 5.24. The van der Waals surface area contributed by atoms with E-state index in [9.17, 15) is 10.2 Å². The van der Waals surface area contributed by atoms with Gasteiger partial charge in [-0.05, 0) is 41.8 Å². The first kappa shape index (κ1) is 29.9. The van der Waals surface area contributed by atoms with Crippen molar-refractivity contribution in [2.75, 3.05) is 32.8 Å². The molecule has 2 atom stereocenters. The zero-order valence-electron chi connectivity index (χ0n) is 18.5. The van der Waals surface area contributed by atoms with Gasteiger partial charge in [0, 0.05) is 12.5 Å². The minimum absolute atomic E-state index is 0. The molecule has 8 heteroatoms. The normalized spacial score (nSPS) is 12.9. The lowest BCUT2D eigenvalue weighted by atomic mass is 9.77. The number of halogens is 1. The number of hydrogen-bond acceptors (Lipinski definition) is 5. The fourth-order valence-electron chi connectivity index (χ4n) is 3.00. The largest absolute Gasteiger partial charge is 0.491 e. The highest BCUT2D eigenvalue weighted by molar-refractivity contribution is 7.59. The van der Waals surface area contributed by atoms with E-state index >= 15 is 0 Å². The van der Waals surface area contributed by atoms with Gasteiger partial charge < -0.3 is 24.4 Å². The summed E-state index contributed by atoms with van der Waals surface area (Å²) in [7, 11) is 1.55. The predicted octanol–water partition coefficient (Wildman–Crippen LogP) is 3.91. The number of hydrogen-bond donors (Lipinski definition) is 2. The average Bonchev–Trinajstić information content (AvgIpc) is 2.71. The van der Waals surface area contributed by atoms with E-state index in [4.69, 9.17) is 25.8 Å². The van der Waals surface area contributed by atoms with Gasteiger partial charge in [-0.2, -0.15) is 27.0 Å². The number of alkyl halides is 1. The van der Waals surface area contributed by atoms with Crippen LogP contribution < -0.4 is 9.47 Å². The minimum Gasteiger partial charge on any atom is -0.491 e. The standard InChI is InChI=1S/C23H31ClO5.2H2S/c1-16-11-18(7-10-22(16)29-14-19(25)12-24)23(2,3)17-5-8-21(9-6-17)28-15-20(26)13-27-4;;/h5-11,19-20,25-26H,12-15H2,1-4H3;2*1H2/t19-,20+;;/m1../s1. The van der Waals surface area contributed by atoms with Crippen molar-refractivity contribution in [3.8, 4) is 11.5 Å². The molecule has 2 aromatic rings. The van der Waals surface area contributed by atoms with Gasteiger partial charge in [-0.3, -0.25) is 0 Å². The topological polar surface area (TPSA) is 68.2 Å². The van der Waals surface area contributed by atoms with Gasteiger partial charge >= 0.3 is 0 Å². The van der Waals surface area contributed by atoms with Crippen LogP contribution in [0.15, 0.2) is 42.5 Å². The molecule has 0 aromatic heterocycles. The number of benzene rings is 2. The van der Waals surface area contributed by atoms with E-state index < -0.39 is 12.2 Å². The molecule has 0 aliphatic carbocycles. The number of ether oxygens (including phenoxy) is 3. The maximum Gasteiger partial charge on any atom is 0.122 e. The summed E-state index contributed by atoms with van der Waals surface area (Å²) in [4.78, 5) is 0. The molecular weight excluding hydrogens is 456 g/mol. The Morgan fingerprint density at radius 2 is 1.45 bits per heavy atom. The molecule has 0 saturated carbocycles. The molecule has 31 heavy (non-hydrogen) atoms. The molecule has 176 valence electrons. The quantitative estimate of drug-likeness (QED) is 0.467. The van der Waals surface area contributed by atoms with Crippen LogP contribution in [0.4, 0.5) is 0 Å². The summed E-state index contributed by atoms with van der Waals surface area (Å²) in [5, 5.41) is 19.3. The zero-order chi connectivity index (χ0) is 21.4. The molecule has 0 radical (unpaired) electrons. The molecule has 2 rings (SSSR count). The Kier molecular flexibility index (Phi) is 13.6. The lowest BCUT2D eigenvalue weighted by Gasteiger charge is -2.27. The Morgan fingerprint density at radius 1 is 0.871 bits per heavy atom. The second-order valence-corrected chi connectivity index (χ2v) is 7.98. The SMILES string of the molecule is COC[C@H](O)COc1ccc(C(C)(C)c2ccc(OC[C@H](O)CCl)c(C)c2)cc1.S.S. The van der Waals surface area contributed by atoms with Crippen LogP contribution in [0.1, 0.15) is 30.5 Å². The molecule has 0 aliphatic rings. The van der Waals surface area contributed by atoms with Crippen LogP contribution in [0.2, 0.25) is 0 Å². The molecule has 0 amide bonds. The fourth-order valence-corrected chi connectivity index (χ4v) is 3.09. The number of aliphatic hydroxyl groups excluding tert-OH is 2. The first-order chi connectivity index (χ1) is 13.8. The summed E-state index contributed by atoms with van der Waals surface area (Å²) < 4.78 is 16.2. The van der Waals surface area contributed by atoms with Crippen molar-refractivity contribution in [1.82, 2.24) is 0 Å². The lowest BCUT2D eigenvalue weighted by Crippen LogP contribution is -2.23. The van der Waals surface area contributed by atoms with E-state index in [1.54, 1.807) is 7.11 Å². The van der Waals surface area contributed by atoms with Crippen LogP contribution in [-0.4, -0.2) is 55.2 Å². The Balaban J connectivity index is 0.00000450. The van der Waals surface area contributed by atoms with E-state index in [-0.39, 0.29) is 58.1 Å². The molecule has 2 N–H and O–H groups in total. The molecule has 5 nitrogen and oxygen atoms in total.